The van der Waals surface area contributed by atoms with Gasteiger partial charge in [-0.15, -0.1) is 5.10 Å². The third-order valence-corrected chi connectivity index (χ3v) is 6.33. The molecule has 32 heavy (non-hydrogen) atoms. The zero-order chi connectivity index (χ0) is 22.7. The van der Waals surface area contributed by atoms with Crippen molar-refractivity contribution >= 4 is 35.3 Å². The van der Waals surface area contributed by atoms with Gasteiger partial charge in [0, 0.05) is 22.0 Å². The van der Waals surface area contributed by atoms with Crippen LogP contribution in [0.2, 0.25) is 5.02 Å². The molecular formula is C23H23ClN4O3S. The number of benzene rings is 2. The number of nitrogens with one attached hydrogen (secondary N) is 1. The Morgan fingerprint density at radius 2 is 1.97 bits per heavy atom. The number of ether oxygens (including phenoxy) is 2. The number of para-hydroxylation sites is 1. The van der Waals surface area contributed by atoms with Gasteiger partial charge in [-0.25, -0.2) is 9.48 Å². The number of halogens is 1. The predicted molar refractivity (Wildman–Crippen MR) is 125 cm³/mol. The number of esters is 1. The highest BCUT2D eigenvalue weighted by molar-refractivity contribution is 7.98. The second kappa shape index (κ2) is 9.67. The van der Waals surface area contributed by atoms with Crippen molar-refractivity contribution in [2.75, 3.05) is 19.0 Å². The van der Waals surface area contributed by atoms with Gasteiger partial charge in [-0.2, -0.15) is 4.98 Å². The molecule has 1 N–H and O–H groups in total. The third kappa shape index (κ3) is 4.33. The average molecular weight is 471 g/mol. The fourth-order valence-electron chi connectivity index (χ4n) is 3.60. The summed E-state index contributed by atoms with van der Waals surface area (Å²) in [5.74, 6) is 1.42. The number of anilines is 1. The van der Waals surface area contributed by atoms with Gasteiger partial charge in [0.15, 0.2) is 0 Å². The maximum Gasteiger partial charge on any atom is 0.338 e. The molecule has 1 aliphatic rings. The Kier molecular flexibility index (Phi) is 6.72. The number of rotatable bonds is 7. The van der Waals surface area contributed by atoms with Crippen LogP contribution in [0.4, 0.5) is 5.95 Å². The summed E-state index contributed by atoms with van der Waals surface area (Å²) in [5.41, 5.74) is 2.94. The normalized spacial score (nSPS) is 15.2. The van der Waals surface area contributed by atoms with Crippen LogP contribution in [-0.2, 0) is 15.3 Å². The van der Waals surface area contributed by atoms with E-state index in [0.29, 0.717) is 38.9 Å². The minimum atomic E-state index is -0.538. The lowest BCUT2D eigenvalue weighted by Gasteiger charge is -2.28. The summed E-state index contributed by atoms with van der Waals surface area (Å²) in [5, 5.41) is 9.20. The highest BCUT2D eigenvalue weighted by Gasteiger charge is 2.36. The number of aromatic nitrogens is 3. The van der Waals surface area contributed by atoms with E-state index in [1.807, 2.05) is 55.5 Å². The molecular weight excluding hydrogens is 448 g/mol. The van der Waals surface area contributed by atoms with E-state index < -0.39 is 12.0 Å². The van der Waals surface area contributed by atoms with Gasteiger partial charge in [0.1, 0.15) is 11.8 Å². The van der Waals surface area contributed by atoms with Crippen molar-refractivity contribution in [2.24, 2.45) is 0 Å². The number of allylic oxidation sites excluding steroid dienone is 1. The molecule has 0 fully saturated rings. The largest absolute Gasteiger partial charge is 0.496 e. The molecule has 0 saturated carbocycles. The number of carbonyl (C=O) groups is 1. The molecule has 0 amide bonds. The summed E-state index contributed by atoms with van der Waals surface area (Å²) in [6.45, 7) is 3.90. The van der Waals surface area contributed by atoms with Crippen LogP contribution in [0.15, 0.2) is 65.0 Å². The van der Waals surface area contributed by atoms with E-state index in [0.717, 1.165) is 11.1 Å². The summed E-state index contributed by atoms with van der Waals surface area (Å²) in [6.07, 6.45) is 0. The number of hydrogen-bond acceptors (Lipinski definition) is 7. The topological polar surface area (TPSA) is 78.3 Å². The summed E-state index contributed by atoms with van der Waals surface area (Å²) in [6, 6.07) is 14.7. The minimum Gasteiger partial charge on any atom is -0.496 e. The van der Waals surface area contributed by atoms with Gasteiger partial charge in [-0.05, 0) is 31.5 Å². The van der Waals surface area contributed by atoms with Crippen molar-refractivity contribution in [1.82, 2.24) is 14.8 Å². The molecule has 1 aliphatic heterocycles. The molecule has 0 aliphatic carbocycles. The first kappa shape index (κ1) is 22.2. The van der Waals surface area contributed by atoms with E-state index in [-0.39, 0.29) is 6.61 Å². The van der Waals surface area contributed by atoms with E-state index in [1.165, 1.54) is 11.8 Å². The number of thioether (sulfide) groups is 1. The van der Waals surface area contributed by atoms with Crippen LogP contribution in [0.5, 0.6) is 5.75 Å². The molecule has 0 radical (unpaired) electrons. The maximum atomic E-state index is 12.9. The van der Waals surface area contributed by atoms with Crippen molar-refractivity contribution in [3.8, 4) is 5.75 Å². The molecule has 2 heterocycles. The van der Waals surface area contributed by atoms with Crippen LogP contribution >= 0.6 is 23.4 Å². The summed E-state index contributed by atoms with van der Waals surface area (Å²) >= 11 is 7.76. The summed E-state index contributed by atoms with van der Waals surface area (Å²) in [4.78, 5) is 17.6. The van der Waals surface area contributed by atoms with E-state index in [4.69, 9.17) is 26.2 Å². The fourth-order valence-corrected chi connectivity index (χ4v) is 4.72. The first-order valence-electron chi connectivity index (χ1n) is 10.1. The van der Waals surface area contributed by atoms with Gasteiger partial charge in [0.05, 0.1) is 19.3 Å². The lowest BCUT2D eigenvalue weighted by Crippen LogP contribution is -2.30. The molecule has 3 aromatic rings. The zero-order valence-corrected chi connectivity index (χ0v) is 19.5. The number of hydrogen-bond donors (Lipinski definition) is 1. The van der Waals surface area contributed by atoms with Crippen LogP contribution in [0.3, 0.4) is 0 Å². The Morgan fingerprint density at radius 3 is 2.72 bits per heavy atom. The van der Waals surface area contributed by atoms with Crippen LogP contribution in [0.1, 0.15) is 31.0 Å². The molecule has 0 bridgehead atoms. The predicted octanol–water partition coefficient (Wildman–Crippen LogP) is 5.08. The SMILES string of the molecule is CCOC(=O)C1=C(C)Nc2nc(SCc3ccccc3Cl)nn2[C@H]1c1ccccc1OC. The molecule has 2 aromatic carbocycles. The Morgan fingerprint density at radius 1 is 1.22 bits per heavy atom. The van der Waals surface area contributed by atoms with E-state index in [1.54, 1.807) is 18.7 Å². The molecule has 0 saturated heterocycles. The molecule has 0 spiro atoms. The number of carbonyl (C=O) groups excluding carboxylic acids is 1. The number of nitrogens with zero attached hydrogens (tertiary/aromatic N) is 3. The number of fused-ring (bicyclic) bond motifs is 1. The van der Waals surface area contributed by atoms with Gasteiger partial charge >= 0.3 is 5.97 Å². The molecule has 1 aromatic heterocycles. The van der Waals surface area contributed by atoms with E-state index in [2.05, 4.69) is 10.3 Å². The second-order valence-electron chi connectivity index (χ2n) is 7.07. The standard InChI is InChI=1S/C23H23ClN4O3S/c1-4-31-21(29)19-14(2)25-22-26-23(32-13-15-9-5-7-11-17(15)24)27-28(22)20(19)16-10-6-8-12-18(16)30-3/h5-12,20H,4,13H2,1-3H3,(H,25,26,27)/t20-/m0/s1. The molecule has 7 nitrogen and oxygen atoms in total. The lowest BCUT2D eigenvalue weighted by atomic mass is 9.95. The van der Waals surface area contributed by atoms with E-state index >= 15 is 0 Å². The van der Waals surface area contributed by atoms with Crippen LogP contribution in [0, 0.1) is 0 Å². The highest BCUT2D eigenvalue weighted by atomic mass is 35.5. The first-order valence-corrected chi connectivity index (χ1v) is 11.5. The van der Waals surface area contributed by atoms with E-state index in [9.17, 15) is 4.79 Å². The third-order valence-electron chi connectivity index (χ3n) is 5.08. The molecule has 166 valence electrons. The molecule has 4 rings (SSSR count). The molecule has 1 atom stereocenters. The Labute approximate surface area is 195 Å². The second-order valence-corrected chi connectivity index (χ2v) is 8.42. The zero-order valence-electron chi connectivity index (χ0n) is 18.0. The highest BCUT2D eigenvalue weighted by Crippen LogP contribution is 2.40. The molecule has 0 unspecified atom stereocenters. The Balaban J connectivity index is 1.74. The Bertz CT molecular complexity index is 1180. The summed E-state index contributed by atoms with van der Waals surface area (Å²) < 4.78 is 12.7. The monoisotopic (exact) mass is 470 g/mol. The van der Waals surface area contributed by atoms with Crippen molar-refractivity contribution in [3.05, 3.63) is 76.0 Å². The van der Waals surface area contributed by atoms with Gasteiger partial charge < -0.3 is 14.8 Å². The van der Waals surface area contributed by atoms with Crippen molar-refractivity contribution in [3.63, 3.8) is 0 Å². The minimum absolute atomic E-state index is 0.275. The van der Waals surface area contributed by atoms with Crippen molar-refractivity contribution < 1.29 is 14.3 Å². The van der Waals surface area contributed by atoms with Crippen molar-refractivity contribution in [1.29, 1.82) is 0 Å². The first-order chi connectivity index (χ1) is 15.5. The smallest absolute Gasteiger partial charge is 0.338 e. The van der Waals surface area contributed by atoms with Crippen LogP contribution in [-0.4, -0.2) is 34.5 Å². The van der Waals surface area contributed by atoms with Crippen LogP contribution < -0.4 is 10.1 Å². The van der Waals surface area contributed by atoms with Gasteiger partial charge in [0.2, 0.25) is 11.1 Å². The van der Waals surface area contributed by atoms with Crippen molar-refractivity contribution in [2.45, 2.75) is 30.8 Å². The maximum absolute atomic E-state index is 12.9. The molecule has 9 heteroatoms. The fraction of sp³-hybridized carbons (Fsp3) is 0.261. The van der Waals surface area contributed by atoms with Crippen LogP contribution in [0.25, 0.3) is 0 Å². The number of methoxy groups -OCH3 is 1. The quantitative estimate of drug-likeness (QED) is 0.381. The van der Waals surface area contributed by atoms with Gasteiger partial charge in [-0.3, -0.25) is 0 Å². The lowest BCUT2D eigenvalue weighted by molar-refractivity contribution is -0.139. The van der Waals surface area contributed by atoms with Gasteiger partial charge in [0.25, 0.3) is 0 Å². The average Bonchev–Trinajstić information content (AvgIpc) is 3.20. The Hall–Kier alpha value is -2.97. The summed E-state index contributed by atoms with van der Waals surface area (Å²) in [7, 11) is 1.60. The van der Waals surface area contributed by atoms with Gasteiger partial charge in [-0.1, -0.05) is 59.8 Å².